The Morgan fingerprint density at radius 3 is 2.73 bits per heavy atom. The zero-order valence-corrected chi connectivity index (χ0v) is 9.64. The largest absolute Gasteiger partial charge is 0.356 e. The molecular weight excluding hydrogens is 190 g/mol. The van der Waals surface area contributed by atoms with Gasteiger partial charge >= 0.3 is 0 Å². The molecule has 2 rings (SSSR count). The Balaban J connectivity index is 2.36. The van der Waals surface area contributed by atoms with E-state index in [0.717, 1.165) is 24.6 Å². The van der Waals surface area contributed by atoms with Crippen LogP contribution in [-0.2, 0) is 6.54 Å². The predicted molar refractivity (Wildman–Crippen MR) is 59.9 cm³/mol. The molecule has 5 heteroatoms. The van der Waals surface area contributed by atoms with Gasteiger partial charge in [-0.1, -0.05) is 19.1 Å². The van der Waals surface area contributed by atoms with Crippen LogP contribution in [0.5, 0.6) is 0 Å². The van der Waals surface area contributed by atoms with Crippen LogP contribution in [0.15, 0.2) is 0 Å². The highest BCUT2D eigenvalue weighted by atomic mass is 15.5. The molecule has 84 valence electrons. The van der Waals surface area contributed by atoms with Crippen molar-refractivity contribution in [1.82, 2.24) is 15.0 Å². The van der Waals surface area contributed by atoms with Crippen molar-refractivity contribution in [3.05, 3.63) is 5.69 Å². The fourth-order valence-corrected chi connectivity index (χ4v) is 2.15. The fraction of sp³-hybridized carbons (Fsp3) is 0.800. The first-order valence-electron chi connectivity index (χ1n) is 5.49. The number of likely N-dealkylation sites (N-methyl/N-ethyl adjacent to an activating group) is 1. The van der Waals surface area contributed by atoms with Crippen molar-refractivity contribution in [2.45, 2.75) is 26.3 Å². The first-order valence-corrected chi connectivity index (χ1v) is 5.49. The van der Waals surface area contributed by atoms with Crippen molar-refractivity contribution in [2.24, 2.45) is 11.7 Å². The number of rotatable bonds is 3. The van der Waals surface area contributed by atoms with Crippen molar-refractivity contribution in [3.8, 4) is 0 Å². The maximum atomic E-state index is 5.81. The summed E-state index contributed by atoms with van der Waals surface area (Å²) in [6, 6.07) is 0. The van der Waals surface area contributed by atoms with Gasteiger partial charge in [0.25, 0.3) is 0 Å². The summed E-state index contributed by atoms with van der Waals surface area (Å²) < 4.78 is 1.97. The second kappa shape index (κ2) is 3.81. The van der Waals surface area contributed by atoms with Gasteiger partial charge in [0, 0.05) is 26.1 Å². The molecule has 0 amide bonds. The molecule has 2 N–H and O–H groups in total. The second-order valence-corrected chi connectivity index (χ2v) is 4.53. The van der Waals surface area contributed by atoms with Crippen LogP contribution >= 0.6 is 0 Å². The van der Waals surface area contributed by atoms with E-state index in [1.165, 1.54) is 0 Å². The first kappa shape index (κ1) is 10.4. The Morgan fingerprint density at radius 1 is 1.40 bits per heavy atom. The third kappa shape index (κ3) is 1.61. The Morgan fingerprint density at radius 2 is 2.13 bits per heavy atom. The molecule has 1 aliphatic heterocycles. The molecule has 0 saturated heterocycles. The number of hydrogen-bond acceptors (Lipinski definition) is 4. The van der Waals surface area contributed by atoms with Crippen molar-refractivity contribution in [3.63, 3.8) is 0 Å². The van der Waals surface area contributed by atoms with Crippen LogP contribution in [0, 0.1) is 5.92 Å². The Kier molecular flexibility index (Phi) is 2.65. The summed E-state index contributed by atoms with van der Waals surface area (Å²) in [7, 11) is 2.08. The van der Waals surface area contributed by atoms with Crippen molar-refractivity contribution >= 4 is 5.82 Å². The van der Waals surface area contributed by atoms with E-state index in [1.54, 1.807) is 0 Å². The highest BCUT2D eigenvalue weighted by Crippen LogP contribution is 2.31. The minimum Gasteiger partial charge on any atom is -0.356 e. The van der Waals surface area contributed by atoms with Gasteiger partial charge in [-0.15, -0.1) is 5.10 Å². The molecule has 1 aromatic rings. The molecule has 1 aromatic heterocycles. The third-order valence-corrected chi connectivity index (χ3v) is 3.15. The molecule has 1 atom stereocenters. The standard InChI is InChI=1S/C10H19N5/c1-7(2)8(6-11)9-10-14(3)4-5-15(10)13-12-9/h7-8H,4-6,11H2,1-3H3. The Hall–Kier alpha value is -1.10. The molecule has 1 unspecified atom stereocenters. The molecular formula is C10H19N5. The lowest BCUT2D eigenvalue weighted by atomic mass is 9.92. The van der Waals surface area contributed by atoms with Crippen LogP contribution < -0.4 is 10.6 Å². The number of fused-ring (bicyclic) bond motifs is 1. The average molecular weight is 209 g/mol. The van der Waals surface area contributed by atoms with Crippen molar-refractivity contribution < 1.29 is 0 Å². The smallest absolute Gasteiger partial charge is 0.150 e. The topological polar surface area (TPSA) is 60.0 Å². The maximum Gasteiger partial charge on any atom is 0.150 e. The molecule has 0 bridgehead atoms. The van der Waals surface area contributed by atoms with E-state index in [0.29, 0.717) is 18.4 Å². The second-order valence-electron chi connectivity index (χ2n) is 4.53. The maximum absolute atomic E-state index is 5.81. The van der Waals surface area contributed by atoms with Gasteiger partial charge in [-0.05, 0) is 5.92 Å². The van der Waals surface area contributed by atoms with E-state index >= 15 is 0 Å². The summed E-state index contributed by atoms with van der Waals surface area (Å²) in [5.41, 5.74) is 6.87. The minimum absolute atomic E-state index is 0.314. The van der Waals surface area contributed by atoms with E-state index in [9.17, 15) is 0 Å². The van der Waals surface area contributed by atoms with Gasteiger partial charge in [-0.3, -0.25) is 0 Å². The number of aromatic nitrogens is 3. The third-order valence-electron chi connectivity index (χ3n) is 3.15. The van der Waals surface area contributed by atoms with E-state index in [-0.39, 0.29) is 0 Å². The molecule has 0 aliphatic carbocycles. The van der Waals surface area contributed by atoms with Crippen molar-refractivity contribution in [2.75, 3.05) is 25.0 Å². The van der Waals surface area contributed by atoms with Crippen LogP contribution in [0.25, 0.3) is 0 Å². The molecule has 0 aromatic carbocycles. The summed E-state index contributed by atoms with van der Waals surface area (Å²) in [5.74, 6) is 1.97. The van der Waals surface area contributed by atoms with Crippen LogP contribution in [0.4, 0.5) is 5.82 Å². The lowest BCUT2D eigenvalue weighted by Crippen LogP contribution is -2.22. The number of nitrogens with zero attached hydrogens (tertiary/aromatic N) is 4. The SMILES string of the molecule is CC(C)C(CN)c1nnn2c1N(C)CC2. The summed E-state index contributed by atoms with van der Waals surface area (Å²) in [5, 5.41) is 8.44. The molecule has 0 radical (unpaired) electrons. The molecule has 0 fully saturated rings. The summed E-state index contributed by atoms with van der Waals surface area (Å²) in [6.45, 7) is 6.95. The van der Waals surface area contributed by atoms with Gasteiger partial charge in [-0.25, -0.2) is 4.68 Å². The van der Waals surface area contributed by atoms with E-state index < -0.39 is 0 Å². The highest BCUT2D eigenvalue weighted by molar-refractivity contribution is 5.47. The molecule has 0 saturated carbocycles. The van der Waals surface area contributed by atoms with Crippen molar-refractivity contribution in [1.29, 1.82) is 0 Å². The van der Waals surface area contributed by atoms with Gasteiger partial charge in [0.05, 0.1) is 6.54 Å². The summed E-state index contributed by atoms with van der Waals surface area (Å²) in [4.78, 5) is 2.21. The predicted octanol–water partition coefficient (Wildman–Crippen LogP) is 0.426. The lowest BCUT2D eigenvalue weighted by Gasteiger charge is -2.19. The number of nitrogens with two attached hydrogens (primary N) is 1. The van der Waals surface area contributed by atoms with Gasteiger partial charge in [-0.2, -0.15) is 0 Å². The van der Waals surface area contributed by atoms with Gasteiger partial charge in [0.1, 0.15) is 5.69 Å². The van der Waals surface area contributed by atoms with Crippen LogP contribution in [0.3, 0.4) is 0 Å². The number of hydrogen-bond donors (Lipinski definition) is 1. The quantitative estimate of drug-likeness (QED) is 0.784. The van der Waals surface area contributed by atoms with E-state index in [4.69, 9.17) is 5.73 Å². The number of anilines is 1. The Labute approximate surface area is 90.2 Å². The first-order chi connectivity index (χ1) is 7.15. The molecule has 15 heavy (non-hydrogen) atoms. The highest BCUT2D eigenvalue weighted by Gasteiger charge is 2.28. The zero-order valence-electron chi connectivity index (χ0n) is 9.64. The summed E-state index contributed by atoms with van der Waals surface area (Å²) >= 11 is 0. The lowest BCUT2D eigenvalue weighted by molar-refractivity contribution is 0.494. The molecule has 5 nitrogen and oxygen atoms in total. The van der Waals surface area contributed by atoms with Crippen LogP contribution in [0.1, 0.15) is 25.5 Å². The zero-order chi connectivity index (χ0) is 11.0. The van der Waals surface area contributed by atoms with E-state index in [2.05, 4.69) is 36.1 Å². The van der Waals surface area contributed by atoms with Crippen LogP contribution in [0.2, 0.25) is 0 Å². The molecule has 2 heterocycles. The molecule has 1 aliphatic rings. The fourth-order valence-electron chi connectivity index (χ4n) is 2.15. The normalized spacial score (nSPS) is 17.3. The monoisotopic (exact) mass is 209 g/mol. The van der Waals surface area contributed by atoms with Crippen LogP contribution in [-0.4, -0.2) is 35.1 Å². The summed E-state index contributed by atoms with van der Waals surface area (Å²) in [6.07, 6.45) is 0. The van der Waals surface area contributed by atoms with E-state index in [1.807, 2.05) is 4.68 Å². The average Bonchev–Trinajstić information content (AvgIpc) is 2.72. The van der Waals surface area contributed by atoms with Gasteiger partial charge in [0.2, 0.25) is 0 Å². The van der Waals surface area contributed by atoms with Gasteiger partial charge < -0.3 is 10.6 Å². The Bertz CT molecular complexity index is 344. The molecule has 0 spiro atoms. The minimum atomic E-state index is 0.314. The van der Waals surface area contributed by atoms with Gasteiger partial charge in [0.15, 0.2) is 5.82 Å².